The highest BCUT2D eigenvalue weighted by Gasteiger charge is 2.38. The Bertz CT molecular complexity index is 830. The second-order valence-corrected chi connectivity index (χ2v) is 7.74. The molecule has 1 aliphatic carbocycles. The molecule has 29 heavy (non-hydrogen) atoms. The predicted octanol–water partition coefficient (Wildman–Crippen LogP) is 2.48. The van der Waals surface area contributed by atoms with Crippen LogP contribution in [-0.2, 0) is 0 Å². The fourth-order valence-corrected chi connectivity index (χ4v) is 3.73. The van der Waals surface area contributed by atoms with Gasteiger partial charge in [0.05, 0.1) is 26.3 Å². The number of nitrogens with zero attached hydrogens (tertiary/aromatic N) is 2. The van der Waals surface area contributed by atoms with E-state index in [2.05, 4.69) is 44.9 Å². The lowest BCUT2D eigenvalue weighted by molar-refractivity contribution is 0.256. The Hall–Kier alpha value is -3.02. The summed E-state index contributed by atoms with van der Waals surface area (Å²) in [6, 6.07) is 16.4. The molecule has 2 atom stereocenters. The molecule has 5 rings (SSSR count). The van der Waals surface area contributed by atoms with Crippen LogP contribution in [0.25, 0.3) is 0 Å². The topological polar surface area (TPSA) is 67.2 Å². The minimum atomic E-state index is 0.576. The third-order valence-corrected chi connectivity index (χ3v) is 5.60. The Morgan fingerprint density at radius 3 is 1.52 bits per heavy atom. The van der Waals surface area contributed by atoms with Crippen LogP contribution in [0.2, 0.25) is 0 Å². The van der Waals surface area contributed by atoms with E-state index >= 15 is 0 Å². The predicted molar refractivity (Wildman–Crippen MR) is 114 cm³/mol. The van der Waals surface area contributed by atoms with E-state index in [0.717, 1.165) is 80.1 Å². The Labute approximate surface area is 171 Å². The molecule has 0 amide bonds. The number of ether oxygens (including phenoxy) is 2. The van der Waals surface area contributed by atoms with Crippen molar-refractivity contribution >= 4 is 11.7 Å². The maximum atomic E-state index is 5.97. The smallest absolute Gasteiger partial charge is 0.128 e. The lowest BCUT2D eigenvalue weighted by Crippen LogP contribution is -2.19. The quantitative estimate of drug-likeness (QED) is 0.727. The van der Waals surface area contributed by atoms with Gasteiger partial charge in [0.15, 0.2) is 0 Å². The Morgan fingerprint density at radius 1 is 0.690 bits per heavy atom. The molecule has 0 radical (unpaired) electrons. The molecule has 0 aromatic heterocycles. The van der Waals surface area contributed by atoms with Gasteiger partial charge in [0, 0.05) is 24.2 Å². The standard InChI is InChI=1S/C23H26N4O2/c1-5-20(6-2-16(1)22-24-9-10-25-22)28-14-18-13-19(18)15-29-21-7-3-17(4-8-21)23-26-11-12-27-23/h1-8,18-19H,9-15H2,(H,24,25)(H,26,27)/t18-,19-/m1/s1. The molecule has 2 aromatic rings. The third kappa shape index (κ3) is 4.36. The van der Waals surface area contributed by atoms with Gasteiger partial charge in [-0.1, -0.05) is 0 Å². The first-order valence-corrected chi connectivity index (χ1v) is 10.4. The normalized spacial score (nSPS) is 22.3. The Morgan fingerprint density at radius 2 is 1.14 bits per heavy atom. The number of hydrogen-bond acceptors (Lipinski definition) is 6. The third-order valence-electron chi connectivity index (χ3n) is 5.60. The molecular weight excluding hydrogens is 364 g/mol. The molecule has 2 aromatic carbocycles. The maximum absolute atomic E-state index is 5.97. The maximum Gasteiger partial charge on any atom is 0.128 e. The van der Waals surface area contributed by atoms with E-state index in [-0.39, 0.29) is 0 Å². The zero-order valence-corrected chi connectivity index (χ0v) is 16.4. The first-order valence-electron chi connectivity index (χ1n) is 10.4. The van der Waals surface area contributed by atoms with Gasteiger partial charge in [-0.25, -0.2) is 0 Å². The van der Waals surface area contributed by atoms with Crippen molar-refractivity contribution in [2.45, 2.75) is 6.42 Å². The molecule has 1 saturated carbocycles. The highest BCUT2D eigenvalue weighted by Crippen LogP contribution is 2.39. The molecule has 150 valence electrons. The van der Waals surface area contributed by atoms with Crippen LogP contribution in [0.15, 0.2) is 58.5 Å². The SMILES string of the molecule is c1cc(C2=NCCN2)ccc1OC[C@H]1C[C@@H]1COc1ccc(C2=NCCN2)cc1. The number of amidine groups is 2. The molecular formula is C23H26N4O2. The number of benzene rings is 2. The molecule has 0 saturated heterocycles. The van der Waals surface area contributed by atoms with E-state index in [1.54, 1.807) is 0 Å². The molecule has 2 aliphatic heterocycles. The first kappa shape index (κ1) is 18.0. The summed E-state index contributed by atoms with van der Waals surface area (Å²) in [5.74, 6) is 4.95. The van der Waals surface area contributed by atoms with Gasteiger partial charge in [-0.15, -0.1) is 0 Å². The van der Waals surface area contributed by atoms with Crippen molar-refractivity contribution in [3.8, 4) is 11.5 Å². The molecule has 6 nitrogen and oxygen atoms in total. The number of hydrogen-bond donors (Lipinski definition) is 2. The second-order valence-electron chi connectivity index (χ2n) is 7.74. The summed E-state index contributed by atoms with van der Waals surface area (Å²) in [5, 5.41) is 6.58. The van der Waals surface area contributed by atoms with Crippen molar-refractivity contribution in [2.75, 3.05) is 39.4 Å². The summed E-state index contributed by atoms with van der Waals surface area (Å²) in [6.45, 7) is 5.06. The average Bonchev–Trinajstić information content (AvgIpc) is 3.18. The van der Waals surface area contributed by atoms with E-state index in [0.29, 0.717) is 11.8 Å². The summed E-state index contributed by atoms with van der Waals surface area (Å²) < 4.78 is 11.9. The van der Waals surface area contributed by atoms with Crippen molar-refractivity contribution < 1.29 is 9.47 Å². The summed E-state index contributed by atoms with van der Waals surface area (Å²) in [4.78, 5) is 8.88. The Kier molecular flexibility index (Phi) is 5.07. The van der Waals surface area contributed by atoms with E-state index in [4.69, 9.17) is 9.47 Å². The van der Waals surface area contributed by atoms with Gasteiger partial charge in [-0.05, 0) is 66.8 Å². The van der Waals surface area contributed by atoms with Crippen molar-refractivity contribution in [3.63, 3.8) is 0 Å². The molecule has 2 N–H and O–H groups in total. The molecule has 3 aliphatic rings. The zero-order valence-electron chi connectivity index (χ0n) is 16.4. The van der Waals surface area contributed by atoms with Crippen LogP contribution in [0.1, 0.15) is 17.5 Å². The summed E-state index contributed by atoms with van der Waals surface area (Å²) in [6.07, 6.45) is 1.16. The van der Waals surface area contributed by atoms with E-state index in [1.165, 1.54) is 0 Å². The molecule has 2 heterocycles. The highest BCUT2D eigenvalue weighted by atomic mass is 16.5. The van der Waals surface area contributed by atoms with E-state index in [1.807, 2.05) is 24.3 Å². The molecule has 1 fully saturated rings. The summed E-state index contributed by atoms with van der Waals surface area (Å²) >= 11 is 0. The number of nitrogens with one attached hydrogen (secondary N) is 2. The largest absolute Gasteiger partial charge is 0.493 e. The second kappa shape index (κ2) is 8.15. The monoisotopic (exact) mass is 390 g/mol. The Balaban J connectivity index is 1.04. The van der Waals surface area contributed by atoms with Crippen LogP contribution in [0.3, 0.4) is 0 Å². The molecule has 0 spiro atoms. The van der Waals surface area contributed by atoms with Crippen LogP contribution in [0, 0.1) is 11.8 Å². The van der Waals surface area contributed by atoms with Crippen LogP contribution in [0.4, 0.5) is 0 Å². The van der Waals surface area contributed by atoms with Crippen LogP contribution in [-0.4, -0.2) is 51.1 Å². The average molecular weight is 390 g/mol. The minimum absolute atomic E-state index is 0.576. The van der Waals surface area contributed by atoms with E-state index < -0.39 is 0 Å². The van der Waals surface area contributed by atoms with Crippen molar-refractivity contribution in [1.82, 2.24) is 10.6 Å². The van der Waals surface area contributed by atoms with Gasteiger partial charge < -0.3 is 20.1 Å². The summed E-state index contributed by atoms with van der Waals surface area (Å²) in [5.41, 5.74) is 2.24. The van der Waals surface area contributed by atoms with E-state index in [9.17, 15) is 0 Å². The van der Waals surface area contributed by atoms with Crippen molar-refractivity contribution in [2.24, 2.45) is 21.8 Å². The van der Waals surface area contributed by atoms with Gasteiger partial charge >= 0.3 is 0 Å². The van der Waals surface area contributed by atoms with Gasteiger partial charge in [-0.3, -0.25) is 9.98 Å². The zero-order chi connectivity index (χ0) is 19.5. The lowest BCUT2D eigenvalue weighted by atomic mass is 10.2. The number of rotatable bonds is 8. The van der Waals surface area contributed by atoms with Crippen molar-refractivity contribution in [3.05, 3.63) is 59.7 Å². The molecule has 6 heteroatoms. The molecule has 0 unspecified atom stereocenters. The fraction of sp³-hybridized carbons (Fsp3) is 0.391. The van der Waals surface area contributed by atoms with Crippen molar-refractivity contribution in [1.29, 1.82) is 0 Å². The number of aliphatic imine (C=N–C) groups is 2. The van der Waals surface area contributed by atoms with Gasteiger partial charge in [0.2, 0.25) is 0 Å². The minimum Gasteiger partial charge on any atom is -0.493 e. The first-order chi connectivity index (χ1) is 14.3. The van der Waals surface area contributed by atoms with Crippen LogP contribution in [0.5, 0.6) is 11.5 Å². The molecule has 0 bridgehead atoms. The fourth-order valence-electron chi connectivity index (χ4n) is 3.73. The van der Waals surface area contributed by atoms with Gasteiger partial charge in [0.1, 0.15) is 23.2 Å². The summed E-state index contributed by atoms with van der Waals surface area (Å²) in [7, 11) is 0. The van der Waals surface area contributed by atoms with Crippen LogP contribution >= 0.6 is 0 Å². The van der Waals surface area contributed by atoms with Gasteiger partial charge in [-0.2, -0.15) is 0 Å². The van der Waals surface area contributed by atoms with Crippen LogP contribution < -0.4 is 20.1 Å². The van der Waals surface area contributed by atoms with Gasteiger partial charge in [0.25, 0.3) is 0 Å². The highest BCUT2D eigenvalue weighted by molar-refractivity contribution is 6.00. The lowest BCUT2D eigenvalue weighted by Gasteiger charge is -2.09.